The average Bonchev–Trinajstić information content (AvgIpc) is 3.17. The van der Waals surface area contributed by atoms with Crippen molar-refractivity contribution in [3.63, 3.8) is 0 Å². The first-order chi connectivity index (χ1) is 13.7. The van der Waals surface area contributed by atoms with Crippen LogP contribution in [0.3, 0.4) is 0 Å². The van der Waals surface area contributed by atoms with E-state index in [0.717, 1.165) is 25.9 Å². The molecular formula is C17H31F3N4O4S. The van der Waals surface area contributed by atoms with Crippen LogP contribution in [0.1, 0.15) is 39.0 Å². The van der Waals surface area contributed by atoms with E-state index in [2.05, 4.69) is 15.6 Å². The van der Waals surface area contributed by atoms with Gasteiger partial charge < -0.3 is 20.1 Å². The lowest BCUT2D eigenvalue weighted by Gasteiger charge is -2.32. The van der Waals surface area contributed by atoms with E-state index in [9.17, 15) is 21.6 Å². The van der Waals surface area contributed by atoms with Crippen molar-refractivity contribution < 1.29 is 31.1 Å². The maximum absolute atomic E-state index is 12.6. The summed E-state index contributed by atoms with van der Waals surface area (Å²) in [6.07, 6.45) is 3.62. The van der Waals surface area contributed by atoms with Crippen molar-refractivity contribution in [2.75, 3.05) is 46.0 Å². The summed E-state index contributed by atoms with van der Waals surface area (Å²) in [7, 11) is -5.25. The maximum Gasteiger partial charge on any atom is 0.511 e. The van der Waals surface area contributed by atoms with E-state index in [4.69, 9.17) is 9.47 Å². The van der Waals surface area contributed by atoms with Gasteiger partial charge in [-0.15, -0.1) is 0 Å². The first kappa shape index (κ1) is 24.2. The van der Waals surface area contributed by atoms with E-state index in [0.29, 0.717) is 36.6 Å². The van der Waals surface area contributed by atoms with Crippen LogP contribution in [-0.4, -0.2) is 82.3 Å². The first-order valence-corrected chi connectivity index (χ1v) is 11.5. The minimum absolute atomic E-state index is 0.136. The number of ether oxygens (including phenoxy) is 2. The van der Waals surface area contributed by atoms with Crippen molar-refractivity contribution in [1.29, 1.82) is 0 Å². The lowest BCUT2D eigenvalue weighted by molar-refractivity contribution is -0.0494. The number of rotatable bonds is 9. The second-order valence-electron chi connectivity index (χ2n) is 7.09. The Morgan fingerprint density at radius 1 is 1.28 bits per heavy atom. The predicted octanol–water partition coefficient (Wildman–Crippen LogP) is 1.44. The molecule has 0 aromatic rings. The SMILES string of the molecule is CCNC(=NCCCOCC1CCCO1)NC1CCN(S(=O)(=O)C(F)(F)F)CC1. The third-order valence-corrected chi connectivity index (χ3v) is 6.45. The Morgan fingerprint density at radius 3 is 2.59 bits per heavy atom. The number of alkyl halides is 3. The Kier molecular flexibility index (Phi) is 9.44. The molecule has 0 aromatic heterocycles. The average molecular weight is 445 g/mol. The Hall–Kier alpha value is -1.11. The quantitative estimate of drug-likeness (QED) is 0.318. The molecule has 2 N–H and O–H groups in total. The van der Waals surface area contributed by atoms with Gasteiger partial charge in [-0.2, -0.15) is 17.5 Å². The molecule has 0 spiro atoms. The summed E-state index contributed by atoms with van der Waals surface area (Å²) in [5.74, 6) is 0.573. The molecule has 2 aliphatic rings. The summed E-state index contributed by atoms with van der Waals surface area (Å²) in [6, 6.07) is -0.136. The zero-order chi connectivity index (χ0) is 21.3. The highest BCUT2D eigenvalue weighted by atomic mass is 32.2. The second kappa shape index (κ2) is 11.3. The molecule has 2 saturated heterocycles. The van der Waals surface area contributed by atoms with Crippen LogP contribution in [0, 0.1) is 0 Å². The number of sulfonamides is 1. The molecule has 0 aliphatic carbocycles. The van der Waals surface area contributed by atoms with Crippen LogP contribution in [0.5, 0.6) is 0 Å². The number of halogens is 3. The van der Waals surface area contributed by atoms with Gasteiger partial charge in [-0.25, -0.2) is 8.42 Å². The number of piperidine rings is 1. The highest BCUT2D eigenvalue weighted by Crippen LogP contribution is 2.28. The van der Waals surface area contributed by atoms with E-state index >= 15 is 0 Å². The summed E-state index contributed by atoms with van der Waals surface area (Å²) < 4.78 is 72.5. The largest absolute Gasteiger partial charge is 0.511 e. The molecule has 0 aromatic carbocycles. The highest BCUT2D eigenvalue weighted by molar-refractivity contribution is 7.90. The van der Waals surface area contributed by atoms with Crippen LogP contribution in [0.25, 0.3) is 0 Å². The monoisotopic (exact) mass is 444 g/mol. The molecule has 29 heavy (non-hydrogen) atoms. The van der Waals surface area contributed by atoms with Gasteiger partial charge >= 0.3 is 15.5 Å². The van der Waals surface area contributed by atoms with Crippen molar-refractivity contribution in [3.8, 4) is 0 Å². The normalized spacial score (nSPS) is 22.8. The zero-order valence-electron chi connectivity index (χ0n) is 16.7. The first-order valence-electron chi connectivity index (χ1n) is 10.0. The van der Waals surface area contributed by atoms with Crippen molar-refractivity contribution in [2.45, 2.75) is 56.7 Å². The lowest BCUT2D eigenvalue weighted by Crippen LogP contribution is -2.51. The minimum Gasteiger partial charge on any atom is -0.379 e. The molecule has 170 valence electrons. The Labute approximate surface area is 170 Å². The Balaban J connectivity index is 1.70. The van der Waals surface area contributed by atoms with Gasteiger partial charge in [0.15, 0.2) is 5.96 Å². The van der Waals surface area contributed by atoms with Crippen molar-refractivity contribution in [3.05, 3.63) is 0 Å². The van der Waals surface area contributed by atoms with Gasteiger partial charge in [0.25, 0.3) is 0 Å². The fourth-order valence-electron chi connectivity index (χ4n) is 3.25. The molecule has 0 bridgehead atoms. The fourth-order valence-corrected chi connectivity index (χ4v) is 4.23. The zero-order valence-corrected chi connectivity index (χ0v) is 17.5. The van der Waals surface area contributed by atoms with Gasteiger partial charge in [-0.3, -0.25) is 4.99 Å². The predicted molar refractivity (Wildman–Crippen MR) is 103 cm³/mol. The van der Waals surface area contributed by atoms with Gasteiger partial charge in [-0.05, 0) is 39.0 Å². The number of hydrogen-bond acceptors (Lipinski definition) is 5. The summed E-state index contributed by atoms with van der Waals surface area (Å²) >= 11 is 0. The van der Waals surface area contributed by atoms with E-state index in [1.54, 1.807) is 0 Å². The third-order valence-electron chi connectivity index (χ3n) is 4.82. The summed E-state index contributed by atoms with van der Waals surface area (Å²) in [5.41, 5.74) is -5.25. The molecule has 2 heterocycles. The topological polar surface area (TPSA) is 92.3 Å². The molecule has 1 unspecified atom stereocenters. The van der Waals surface area contributed by atoms with Crippen molar-refractivity contribution >= 4 is 16.0 Å². The number of aliphatic imine (C=N–C) groups is 1. The number of nitrogens with one attached hydrogen (secondary N) is 2. The van der Waals surface area contributed by atoms with Crippen molar-refractivity contribution in [2.24, 2.45) is 4.99 Å². The van der Waals surface area contributed by atoms with Crippen LogP contribution < -0.4 is 10.6 Å². The fraction of sp³-hybridized carbons (Fsp3) is 0.941. The van der Waals surface area contributed by atoms with Crippen LogP contribution in [0.15, 0.2) is 4.99 Å². The standard InChI is InChI=1S/C17H31F3N4O4S/c1-2-21-16(22-8-4-11-27-13-15-5-3-12-28-15)23-14-6-9-24(10-7-14)29(25,26)17(18,19)20/h14-15H,2-13H2,1H3,(H2,21,22,23). The molecule has 2 fully saturated rings. The summed E-state index contributed by atoms with van der Waals surface area (Å²) in [6.45, 7) is 4.74. The van der Waals surface area contributed by atoms with Crippen molar-refractivity contribution in [1.82, 2.24) is 14.9 Å². The Bertz CT molecular complexity index is 617. The van der Waals surface area contributed by atoms with Crippen LogP contribution in [0.2, 0.25) is 0 Å². The van der Waals surface area contributed by atoms with Crippen LogP contribution in [-0.2, 0) is 19.5 Å². The van der Waals surface area contributed by atoms with E-state index in [1.807, 2.05) is 6.92 Å². The van der Waals surface area contributed by atoms with Gasteiger partial charge in [0, 0.05) is 45.4 Å². The van der Waals surface area contributed by atoms with E-state index < -0.39 is 15.5 Å². The van der Waals surface area contributed by atoms with Gasteiger partial charge in [0.1, 0.15) is 0 Å². The molecule has 1 atom stereocenters. The van der Waals surface area contributed by atoms with Crippen LogP contribution in [0.4, 0.5) is 13.2 Å². The molecule has 8 nitrogen and oxygen atoms in total. The maximum atomic E-state index is 12.6. The Morgan fingerprint density at radius 2 is 2.00 bits per heavy atom. The molecular weight excluding hydrogens is 413 g/mol. The van der Waals surface area contributed by atoms with E-state index in [-0.39, 0.29) is 38.1 Å². The molecule has 2 aliphatic heterocycles. The second-order valence-corrected chi connectivity index (χ2v) is 9.02. The molecule has 12 heteroatoms. The number of nitrogens with zero attached hydrogens (tertiary/aromatic N) is 2. The smallest absolute Gasteiger partial charge is 0.379 e. The molecule has 0 amide bonds. The van der Waals surface area contributed by atoms with Gasteiger partial charge in [0.05, 0.1) is 12.7 Å². The summed E-state index contributed by atoms with van der Waals surface area (Å²) in [5, 5.41) is 6.28. The van der Waals surface area contributed by atoms with Gasteiger partial charge in [-0.1, -0.05) is 0 Å². The van der Waals surface area contributed by atoms with Gasteiger partial charge in [0.2, 0.25) is 0 Å². The molecule has 2 rings (SSSR count). The molecule has 0 saturated carbocycles. The highest BCUT2D eigenvalue weighted by Gasteiger charge is 2.50. The number of hydrogen-bond donors (Lipinski definition) is 2. The summed E-state index contributed by atoms with van der Waals surface area (Å²) in [4.78, 5) is 4.46. The van der Waals surface area contributed by atoms with Crippen LogP contribution >= 0.6 is 0 Å². The minimum atomic E-state index is -5.25. The lowest BCUT2D eigenvalue weighted by atomic mass is 10.1. The van der Waals surface area contributed by atoms with E-state index in [1.165, 1.54) is 0 Å². The third kappa shape index (κ3) is 7.58. The number of guanidine groups is 1. The molecule has 0 radical (unpaired) electrons.